The van der Waals surface area contributed by atoms with Gasteiger partial charge in [0.25, 0.3) is 0 Å². The first-order valence-electron chi connectivity index (χ1n) is 14.8. The summed E-state index contributed by atoms with van der Waals surface area (Å²) in [4.78, 5) is 11.8. The maximum Gasteiger partial charge on any atom is 0.331 e. The molecule has 0 aromatic heterocycles. The number of hydrogen-bond donors (Lipinski definition) is 7. The van der Waals surface area contributed by atoms with E-state index in [0.717, 1.165) is 5.57 Å². The van der Waals surface area contributed by atoms with Crippen LogP contribution < -0.4 is 0 Å². The lowest BCUT2D eigenvalue weighted by molar-refractivity contribution is -0.318. The zero-order chi connectivity index (χ0) is 29.5. The molecule has 5 fully saturated rings. The standard InChI is InChI=1S/C29H43NO11/c1-14-22(33)23(34)24(35)25(40-14)41-16-3-6-27(13-30-38)21-18(4-7-28(27,36)10-16)29(37)8-5-17(15-9-20(32)39-12-15)26(29,2)11-19(21)31/h9,13-14,16-19,21-25,31,33-38H,3-8,10-12H2,1-2H3/b30-13+/t14-,16+,17-,18+,19+,21+,22-,23+,24-,25-,26+,27-,28-,29-/m0/s1. The highest BCUT2D eigenvalue weighted by atomic mass is 16.7. The van der Waals surface area contributed by atoms with Crippen molar-refractivity contribution in [3.8, 4) is 0 Å². The highest BCUT2D eigenvalue weighted by Crippen LogP contribution is 2.70. The van der Waals surface area contributed by atoms with Gasteiger partial charge in [-0.3, -0.25) is 0 Å². The molecule has 0 radical (unpaired) electrons. The second kappa shape index (κ2) is 9.95. The SMILES string of the molecule is C[C@@H]1O[C@@H](O[C@@H]2CC[C@]3(/C=N/O)[C@H]4[C@H](O)C[C@]5(C)[C@H](C6=CC(=O)OC6)CC[C@]5(O)[C@@H]4CC[C@]3(O)C2)[C@@H](O)[C@H](O)[C@H]1O. The Bertz CT molecular complexity index is 1120. The van der Waals surface area contributed by atoms with E-state index in [9.17, 15) is 40.6 Å². The molecule has 1 saturated heterocycles. The minimum absolute atomic E-state index is 0.0965. The Labute approximate surface area is 238 Å². The number of nitrogens with zero attached hydrogens (tertiary/aromatic N) is 1. The molecule has 0 aromatic carbocycles. The lowest BCUT2D eigenvalue weighted by atomic mass is 9.41. The third kappa shape index (κ3) is 4.09. The van der Waals surface area contributed by atoms with Crippen molar-refractivity contribution in [2.75, 3.05) is 6.61 Å². The van der Waals surface area contributed by atoms with Crippen LogP contribution in [0.3, 0.4) is 0 Å². The van der Waals surface area contributed by atoms with E-state index in [1.807, 2.05) is 6.92 Å². The smallest absolute Gasteiger partial charge is 0.331 e. The van der Waals surface area contributed by atoms with Crippen LogP contribution in [0.25, 0.3) is 0 Å². The van der Waals surface area contributed by atoms with Crippen LogP contribution in [0, 0.1) is 28.6 Å². The minimum atomic E-state index is -1.48. The van der Waals surface area contributed by atoms with E-state index in [-0.39, 0.29) is 44.2 Å². The molecule has 14 atom stereocenters. The predicted octanol–water partition coefficient (Wildman–Crippen LogP) is -0.0181. The third-order valence-corrected chi connectivity index (χ3v) is 12.0. The summed E-state index contributed by atoms with van der Waals surface area (Å²) in [5.74, 6) is -1.50. The third-order valence-electron chi connectivity index (χ3n) is 12.0. The molecule has 0 aromatic rings. The number of oxime groups is 1. The van der Waals surface area contributed by atoms with E-state index in [0.29, 0.717) is 25.7 Å². The van der Waals surface area contributed by atoms with Gasteiger partial charge in [-0.15, -0.1) is 5.16 Å². The van der Waals surface area contributed by atoms with Crippen molar-refractivity contribution in [1.82, 2.24) is 0 Å². The maximum atomic E-state index is 12.4. The van der Waals surface area contributed by atoms with Crippen molar-refractivity contribution in [1.29, 1.82) is 0 Å². The normalized spacial score (nSPS) is 55.2. The second-order valence-electron chi connectivity index (χ2n) is 13.7. The Hall–Kier alpha value is -1.64. The van der Waals surface area contributed by atoms with E-state index < -0.39 is 76.8 Å². The van der Waals surface area contributed by atoms with Gasteiger partial charge in [0, 0.05) is 29.2 Å². The number of fused-ring (bicyclic) bond motifs is 5. The molecule has 41 heavy (non-hydrogen) atoms. The molecule has 12 nitrogen and oxygen atoms in total. The van der Waals surface area contributed by atoms with Crippen molar-refractivity contribution >= 4 is 12.2 Å². The van der Waals surface area contributed by atoms with Crippen LogP contribution in [0.2, 0.25) is 0 Å². The number of aliphatic hydroxyl groups is 6. The average molecular weight is 582 g/mol. The number of carbonyl (C=O) groups excluding carboxylic acids is 1. The first kappa shape index (κ1) is 29.4. The number of esters is 1. The molecule has 0 amide bonds. The van der Waals surface area contributed by atoms with Crippen molar-refractivity contribution in [2.45, 2.75) is 119 Å². The summed E-state index contributed by atoms with van der Waals surface area (Å²) in [7, 11) is 0. The van der Waals surface area contributed by atoms with Gasteiger partial charge >= 0.3 is 5.97 Å². The summed E-state index contributed by atoms with van der Waals surface area (Å²) >= 11 is 0. The molecule has 12 heteroatoms. The molecule has 2 heterocycles. The number of carbonyl (C=O) groups is 1. The van der Waals surface area contributed by atoms with Gasteiger partial charge in [0.2, 0.25) is 0 Å². The van der Waals surface area contributed by atoms with E-state index in [4.69, 9.17) is 14.2 Å². The minimum Gasteiger partial charge on any atom is -0.458 e. The highest BCUT2D eigenvalue weighted by molar-refractivity contribution is 5.85. The Balaban J connectivity index is 1.28. The fourth-order valence-corrected chi connectivity index (χ4v) is 9.94. The summed E-state index contributed by atoms with van der Waals surface area (Å²) < 4.78 is 16.8. The van der Waals surface area contributed by atoms with Crippen LogP contribution in [0.5, 0.6) is 0 Å². The molecule has 6 rings (SSSR count). The van der Waals surface area contributed by atoms with Gasteiger partial charge in [-0.2, -0.15) is 0 Å². The van der Waals surface area contributed by atoms with Crippen LogP contribution >= 0.6 is 0 Å². The van der Waals surface area contributed by atoms with Crippen LogP contribution in [0.4, 0.5) is 0 Å². The molecule has 7 N–H and O–H groups in total. The summed E-state index contributed by atoms with van der Waals surface area (Å²) in [5, 5.41) is 80.4. The van der Waals surface area contributed by atoms with Crippen molar-refractivity contribution in [3.05, 3.63) is 11.6 Å². The quantitative estimate of drug-likeness (QED) is 0.0774. The van der Waals surface area contributed by atoms with E-state index in [1.54, 1.807) is 6.92 Å². The second-order valence-corrected chi connectivity index (χ2v) is 13.7. The zero-order valence-corrected chi connectivity index (χ0v) is 23.5. The maximum absolute atomic E-state index is 12.4. The molecule has 4 aliphatic carbocycles. The topological polar surface area (TPSA) is 199 Å². The average Bonchev–Trinajstić information content (AvgIpc) is 3.46. The first-order chi connectivity index (χ1) is 19.3. The van der Waals surface area contributed by atoms with E-state index in [2.05, 4.69) is 5.16 Å². The monoisotopic (exact) mass is 581 g/mol. The molecule has 6 aliphatic rings. The Kier molecular flexibility index (Phi) is 7.14. The largest absolute Gasteiger partial charge is 0.458 e. The molecule has 0 unspecified atom stereocenters. The van der Waals surface area contributed by atoms with Crippen LogP contribution in [-0.4, -0.2) is 109 Å². The Morgan fingerprint density at radius 2 is 1.78 bits per heavy atom. The zero-order valence-electron chi connectivity index (χ0n) is 23.5. The molecule has 2 aliphatic heterocycles. The summed E-state index contributed by atoms with van der Waals surface area (Å²) in [5.41, 5.74) is -3.65. The van der Waals surface area contributed by atoms with Crippen molar-refractivity contribution in [3.63, 3.8) is 0 Å². The number of aliphatic hydroxyl groups excluding tert-OH is 4. The van der Waals surface area contributed by atoms with Gasteiger partial charge in [-0.1, -0.05) is 6.92 Å². The van der Waals surface area contributed by atoms with Crippen LogP contribution in [-0.2, 0) is 19.0 Å². The first-order valence-corrected chi connectivity index (χ1v) is 14.8. The van der Waals surface area contributed by atoms with Crippen molar-refractivity contribution < 1.29 is 54.9 Å². The molecule has 4 saturated carbocycles. The van der Waals surface area contributed by atoms with Gasteiger partial charge in [-0.25, -0.2) is 4.79 Å². The van der Waals surface area contributed by atoms with E-state index in [1.165, 1.54) is 12.3 Å². The molecule has 0 bridgehead atoms. The molecule has 230 valence electrons. The highest BCUT2D eigenvalue weighted by Gasteiger charge is 2.73. The van der Waals surface area contributed by atoms with Gasteiger partial charge < -0.3 is 50.1 Å². The van der Waals surface area contributed by atoms with Gasteiger partial charge in [0.1, 0.15) is 24.9 Å². The number of ether oxygens (including phenoxy) is 3. The van der Waals surface area contributed by atoms with Gasteiger partial charge in [-0.05, 0) is 69.3 Å². The number of rotatable bonds is 4. The molecule has 0 spiro atoms. The van der Waals surface area contributed by atoms with Crippen LogP contribution in [0.15, 0.2) is 16.8 Å². The lowest BCUT2D eigenvalue weighted by Gasteiger charge is -2.67. The van der Waals surface area contributed by atoms with Crippen LogP contribution in [0.1, 0.15) is 65.2 Å². The fourth-order valence-electron chi connectivity index (χ4n) is 9.94. The van der Waals surface area contributed by atoms with Gasteiger partial charge in [0.05, 0.1) is 35.7 Å². The Morgan fingerprint density at radius 3 is 2.46 bits per heavy atom. The molecular formula is C29H43NO11. The van der Waals surface area contributed by atoms with E-state index >= 15 is 0 Å². The predicted molar refractivity (Wildman–Crippen MR) is 140 cm³/mol. The van der Waals surface area contributed by atoms with Gasteiger partial charge in [0.15, 0.2) is 6.29 Å². The molecular weight excluding hydrogens is 538 g/mol. The summed E-state index contributed by atoms with van der Waals surface area (Å²) in [6.45, 7) is 3.74. The van der Waals surface area contributed by atoms with Crippen molar-refractivity contribution in [2.24, 2.45) is 33.7 Å². The number of cyclic esters (lactones) is 1. The lowest BCUT2D eigenvalue weighted by Crippen LogP contribution is -2.72. The Morgan fingerprint density at radius 1 is 1.02 bits per heavy atom. The summed E-state index contributed by atoms with van der Waals surface area (Å²) in [6.07, 6.45) is -2.02. The summed E-state index contributed by atoms with van der Waals surface area (Å²) in [6, 6.07) is 0. The number of hydrogen-bond acceptors (Lipinski definition) is 12. The fraction of sp³-hybridized carbons (Fsp3) is 0.862.